The molecule has 0 aliphatic carbocycles. The molecule has 0 bridgehead atoms. The molecule has 2 amide bonds. The lowest BCUT2D eigenvalue weighted by Gasteiger charge is -2.34. The molecule has 46 heavy (non-hydrogen) atoms. The maximum Gasteiger partial charge on any atom is 0.264 e. The number of anilines is 1. The molecule has 1 atom stereocenters. The summed E-state index contributed by atoms with van der Waals surface area (Å²) < 4.78 is 48.4. The van der Waals surface area contributed by atoms with Gasteiger partial charge in [-0.2, -0.15) is 0 Å². The Morgan fingerprint density at radius 2 is 1.48 bits per heavy atom. The molecule has 4 aromatic rings. The minimum absolute atomic E-state index is 0.0257. The highest BCUT2D eigenvalue weighted by Crippen LogP contribution is 2.27. The van der Waals surface area contributed by atoms with Crippen molar-refractivity contribution in [2.75, 3.05) is 24.5 Å². The van der Waals surface area contributed by atoms with Crippen molar-refractivity contribution < 1.29 is 27.1 Å². The average molecular weight is 646 g/mol. The van der Waals surface area contributed by atoms with Crippen LogP contribution in [0.25, 0.3) is 0 Å². The number of carbonyl (C=O) groups excluding carboxylic acids is 2. The first kappa shape index (κ1) is 34.2. The molecule has 0 saturated carbocycles. The number of rotatable bonds is 14. The predicted molar refractivity (Wildman–Crippen MR) is 177 cm³/mol. The SMILES string of the molecule is COc1ccc(S(=O)(=O)N(CC(=O)N(Cc2ccc(F)cc2)[C@H](Cc2ccccc2)C(=O)NCC(C)C)c2ccc(C)cc2)cc1. The molecule has 10 heteroatoms. The molecule has 0 saturated heterocycles. The number of methoxy groups -OCH3 is 1. The largest absolute Gasteiger partial charge is 0.497 e. The number of aryl methyl sites for hydroxylation is 1. The molecule has 242 valence electrons. The van der Waals surface area contributed by atoms with Crippen LogP contribution in [-0.4, -0.2) is 51.4 Å². The minimum atomic E-state index is -4.25. The summed E-state index contributed by atoms with van der Waals surface area (Å²) in [5, 5.41) is 2.95. The maximum absolute atomic E-state index is 14.5. The second-order valence-corrected chi connectivity index (χ2v) is 13.4. The molecule has 1 N–H and O–H groups in total. The van der Waals surface area contributed by atoms with Crippen molar-refractivity contribution in [3.05, 3.63) is 126 Å². The smallest absolute Gasteiger partial charge is 0.264 e. The lowest BCUT2D eigenvalue weighted by molar-refractivity contribution is -0.140. The van der Waals surface area contributed by atoms with Crippen LogP contribution in [-0.2, 0) is 32.6 Å². The summed E-state index contributed by atoms with van der Waals surface area (Å²) in [5.74, 6) is -0.753. The van der Waals surface area contributed by atoms with Gasteiger partial charge in [0.15, 0.2) is 0 Å². The quantitative estimate of drug-likeness (QED) is 0.189. The zero-order valence-electron chi connectivity index (χ0n) is 26.5. The van der Waals surface area contributed by atoms with Crippen molar-refractivity contribution in [3.8, 4) is 5.75 Å². The molecule has 0 unspecified atom stereocenters. The van der Waals surface area contributed by atoms with Crippen LogP contribution >= 0.6 is 0 Å². The zero-order valence-corrected chi connectivity index (χ0v) is 27.3. The highest BCUT2D eigenvalue weighted by atomic mass is 32.2. The van der Waals surface area contributed by atoms with E-state index in [1.54, 1.807) is 36.4 Å². The molecule has 0 radical (unpaired) electrons. The number of carbonyl (C=O) groups is 2. The monoisotopic (exact) mass is 645 g/mol. The van der Waals surface area contributed by atoms with Gasteiger partial charge in [0, 0.05) is 19.5 Å². The van der Waals surface area contributed by atoms with Gasteiger partial charge in [0.1, 0.15) is 24.2 Å². The molecule has 0 aliphatic rings. The summed E-state index contributed by atoms with van der Waals surface area (Å²) in [4.78, 5) is 29.6. The van der Waals surface area contributed by atoms with E-state index in [0.29, 0.717) is 23.5 Å². The van der Waals surface area contributed by atoms with Gasteiger partial charge in [-0.25, -0.2) is 12.8 Å². The number of hydrogen-bond acceptors (Lipinski definition) is 5. The molecule has 4 aromatic carbocycles. The van der Waals surface area contributed by atoms with Crippen molar-refractivity contribution in [3.63, 3.8) is 0 Å². The molecule has 0 heterocycles. The fourth-order valence-corrected chi connectivity index (χ4v) is 6.29. The van der Waals surface area contributed by atoms with E-state index in [2.05, 4.69) is 5.32 Å². The van der Waals surface area contributed by atoms with Gasteiger partial charge in [-0.15, -0.1) is 0 Å². The van der Waals surface area contributed by atoms with Crippen LogP contribution in [0.2, 0.25) is 0 Å². The van der Waals surface area contributed by atoms with E-state index < -0.39 is 34.3 Å². The number of benzene rings is 4. The predicted octanol–water partition coefficient (Wildman–Crippen LogP) is 5.75. The van der Waals surface area contributed by atoms with E-state index in [0.717, 1.165) is 15.4 Å². The van der Waals surface area contributed by atoms with E-state index in [1.807, 2.05) is 51.1 Å². The maximum atomic E-state index is 14.5. The van der Waals surface area contributed by atoms with Crippen LogP contribution in [0.1, 0.15) is 30.5 Å². The van der Waals surface area contributed by atoms with E-state index >= 15 is 0 Å². The lowest BCUT2D eigenvalue weighted by atomic mass is 10.0. The van der Waals surface area contributed by atoms with Gasteiger partial charge in [-0.1, -0.05) is 74.0 Å². The highest BCUT2D eigenvalue weighted by Gasteiger charge is 2.34. The standard InChI is InChI=1S/C36H40FN3O5S/c1-26(2)23-38-36(42)34(22-28-8-6-5-7-9-28)39(24-29-12-14-30(37)15-13-29)35(41)25-40(31-16-10-27(3)11-17-31)46(43,44)33-20-18-32(45-4)19-21-33/h5-21,26,34H,22-25H2,1-4H3,(H,38,42)/t34-/m1/s1. The number of amides is 2. The molecule has 0 spiro atoms. The van der Waals surface area contributed by atoms with Crippen molar-refractivity contribution in [2.24, 2.45) is 5.92 Å². The first-order valence-corrected chi connectivity index (χ1v) is 16.5. The first-order chi connectivity index (χ1) is 22.0. The van der Waals surface area contributed by atoms with E-state index in [4.69, 9.17) is 4.74 Å². The Balaban J connectivity index is 1.79. The number of nitrogens with zero attached hydrogens (tertiary/aromatic N) is 2. The average Bonchev–Trinajstić information content (AvgIpc) is 3.05. The Labute approximate surface area is 270 Å². The normalized spacial score (nSPS) is 12.0. The van der Waals surface area contributed by atoms with Gasteiger partial charge in [0.25, 0.3) is 10.0 Å². The molecule has 0 aliphatic heterocycles. The van der Waals surface area contributed by atoms with Gasteiger partial charge in [-0.3, -0.25) is 13.9 Å². The number of halogens is 1. The molecule has 4 rings (SSSR count). The third-order valence-corrected chi connectivity index (χ3v) is 9.26. The van der Waals surface area contributed by atoms with Crippen molar-refractivity contribution in [1.29, 1.82) is 0 Å². The van der Waals surface area contributed by atoms with Crippen molar-refractivity contribution in [1.82, 2.24) is 10.2 Å². The topological polar surface area (TPSA) is 96.0 Å². The van der Waals surface area contributed by atoms with E-state index in [9.17, 15) is 22.4 Å². The van der Waals surface area contributed by atoms with Crippen molar-refractivity contribution in [2.45, 2.75) is 44.7 Å². The number of sulfonamides is 1. The molecule has 0 aromatic heterocycles. The fourth-order valence-electron chi connectivity index (χ4n) is 4.88. The summed E-state index contributed by atoms with van der Waals surface area (Å²) in [5.41, 5.74) is 2.62. The van der Waals surface area contributed by atoms with Gasteiger partial charge in [0.2, 0.25) is 11.8 Å². The molecule has 8 nitrogen and oxygen atoms in total. The van der Waals surface area contributed by atoms with Gasteiger partial charge in [-0.05, 0) is 72.5 Å². The first-order valence-electron chi connectivity index (χ1n) is 15.1. The summed E-state index contributed by atoms with van der Waals surface area (Å²) >= 11 is 0. The Morgan fingerprint density at radius 1 is 0.848 bits per heavy atom. The fraction of sp³-hybridized carbons (Fsp3) is 0.278. The number of ether oxygens (including phenoxy) is 1. The number of nitrogens with one attached hydrogen (secondary N) is 1. The van der Waals surface area contributed by atoms with Gasteiger partial charge >= 0.3 is 0 Å². The Kier molecular flexibility index (Phi) is 11.5. The van der Waals surface area contributed by atoms with Crippen molar-refractivity contribution >= 4 is 27.5 Å². The third kappa shape index (κ3) is 8.94. The van der Waals surface area contributed by atoms with E-state index in [1.165, 1.54) is 48.4 Å². The van der Waals surface area contributed by atoms with Crippen LogP contribution in [0, 0.1) is 18.7 Å². The Bertz CT molecular complexity index is 1700. The van der Waals surface area contributed by atoms with Crippen LogP contribution in [0.3, 0.4) is 0 Å². The molecular weight excluding hydrogens is 605 g/mol. The molecule has 0 fully saturated rings. The summed E-state index contributed by atoms with van der Waals surface area (Å²) in [6, 6.07) is 26.7. The second-order valence-electron chi connectivity index (χ2n) is 11.5. The highest BCUT2D eigenvalue weighted by molar-refractivity contribution is 7.92. The summed E-state index contributed by atoms with van der Waals surface area (Å²) in [7, 11) is -2.76. The van der Waals surface area contributed by atoms with Crippen LogP contribution < -0.4 is 14.4 Å². The van der Waals surface area contributed by atoms with Crippen LogP contribution in [0.5, 0.6) is 5.75 Å². The lowest BCUT2D eigenvalue weighted by Crippen LogP contribution is -2.53. The van der Waals surface area contributed by atoms with Crippen LogP contribution in [0.4, 0.5) is 10.1 Å². The summed E-state index contributed by atoms with van der Waals surface area (Å²) in [6.07, 6.45) is 0.188. The van der Waals surface area contributed by atoms with Crippen LogP contribution in [0.15, 0.2) is 108 Å². The minimum Gasteiger partial charge on any atom is -0.497 e. The third-order valence-electron chi connectivity index (χ3n) is 7.47. The Morgan fingerprint density at radius 3 is 2.07 bits per heavy atom. The summed E-state index contributed by atoms with van der Waals surface area (Å²) in [6.45, 7) is 5.59. The second kappa shape index (κ2) is 15.5. The Hall–Kier alpha value is -4.70. The molecular formula is C36H40FN3O5S. The van der Waals surface area contributed by atoms with Gasteiger partial charge < -0.3 is 15.0 Å². The van der Waals surface area contributed by atoms with E-state index in [-0.39, 0.29) is 29.7 Å². The number of hydrogen-bond donors (Lipinski definition) is 1. The zero-order chi connectivity index (χ0) is 33.3. The van der Waals surface area contributed by atoms with Gasteiger partial charge in [0.05, 0.1) is 17.7 Å².